The summed E-state index contributed by atoms with van der Waals surface area (Å²) in [7, 11) is 0. The van der Waals surface area contributed by atoms with Crippen molar-refractivity contribution < 1.29 is 19.4 Å². The zero-order valence-electron chi connectivity index (χ0n) is 10.2. The van der Waals surface area contributed by atoms with Gasteiger partial charge in [-0.3, -0.25) is 4.79 Å². The molecule has 0 atom stereocenters. The molecule has 0 heterocycles. The first-order valence-corrected chi connectivity index (χ1v) is 5.67. The van der Waals surface area contributed by atoms with E-state index in [9.17, 15) is 14.3 Å². The Morgan fingerprint density at radius 1 is 1.15 bits per heavy atom. The van der Waals surface area contributed by atoms with Crippen LogP contribution in [0.15, 0.2) is 47.6 Å². The fourth-order valence-corrected chi connectivity index (χ4v) is 1.49. The lowest BCUT2D eigenvalue weighted by atomic mass is 10.2. The van der Waals surface area contributed by atoms with Crippen molar-refractivity contribution in [1.82, 2.24) is 5.43 Å². The van der Waals surface area contributed by atoms with E-state index >= 15 is 0 Å². The van der Waals surface area contributed by atoms with E-state index in [-0.39, 0.29) is 22.9 Å². The van der Waals surface area contributed by atoms with Crippen LogP contribution in [-0.4, -0.2) is 22.3 Å². The van der Waals surface area contributed by atoms with Crippen molar-refractivity contribution >= 4 is 12.1 Å². The molecule has 0 bridgehead atoms. The molecule has 2 rings (SSSR count). The lowest BCUT2D eigenvalue weighted by molar-refractivity contribution is 0.0952. The van der Waals surface area contributed by atoms with Gasteiger partial charge in [0, 0.05) is 6.07 Å². The number of phenolic OH excluding ortho intramolecular Hbond substituents is 2. The van der Waals surface area contributed by atoms with Gasteiger partial charge in [-0.1, -0.05) is 12.1 Å². The molecule has 2 aromatic rings. The molecule has 0 aliphatic heterocycles. The van der Waals surface area contributed by atoms with Crippen molar-refractivity contribution in [2.75, 3.05) is 0 Å². The molecule has 0 aromatic heterocycles. The molecule has 102 valence electrons. The summed E-state index contributed by atoms with van der Waals surface area (Å²) in [6.45, 7) is 0. The third kappa shape index (κ3) is 3.32. The van der Waals surface area contributed by atoms with Crippen LogP contribution in [-0.2, 0) is 0 Å². The molecule has 0 aliphatic carbocycles. The molecule has 0 unspecified atom stereocenters. The first-order valence-electron chi connectivity index (χ1n) is 5.67. The van der Waals surface area contributed by atoms with Crippen molar-refractivity contribution in [2.45, 2.75) is 0 Å². The normalized spacial score (nSPS) is 10.7. The Morgan fingerprint density at radius 3 is 2.50 bits per heavy atom. The minimum Gasteiger partial charge on any atom is -0.508 e. The Balaban J connectivity index is 2.03. The van der Waals surface area contributed by atoms with Gasteiger partial charge in [-0.2, -0.15) is 5.10 Å². The average Bonchev–Trinajstić information content (AvgIpc) is 2.41. The standard InChI is InChI=1S/C14H11FN2O3/c15-10-3-1-9(2-4-10)8-16-17-14(20)12-6-5-11(18)7-13(12)19/h1-8,18-19H,(H,17,20). The minimum atomic E-state index is -0.624. The maximum absolute atomic E-state index is 12.7. The average molecular weight is 274 g/mol. The summed E-state index contributed by atoms with van der Waals surface area (Å²) in [5, 5.41) is 22.3. The summed E-state index contributed by atoms with van der Waals surface area (Å²) in [6.07, 6.45) is 1.34. The number of nitrogens with zero attached hydrogens (tertiary/aromatic N) is 1. The van der Waals surface area contributed by atoms with E-state index in [0.29, 0.717) is 5.56 Å². The van der Waals surface area contributed by atoms with Gasteiger partial charge in [0.1, 0.15) is 17.3 Å². The van der Waals surface area contributed by atoms with Crippen LogP contribution >= 0.6 is 0 Å². The van der Waals surface area contributed by atoms with Crippen molar-refractivity contribution in [2.24, 2.45) is 5.10 Å². The van der Waals surface area contributed by atoms with E-state index in [1.165, 1.54) is 42.6 Å². The molecular formula is C14H11FN2O3. The summed E-state index contributed by atoms with van der Waals surface area (Å²) in [5.74, 6) is -1.48. The van der Waals surface area contributed by atoms with Crippen molar-refractivity contribution in [1.29, 1.82) is 0 Å². The maximum Gasteiger partial charge on any atom is 0.275 e. The van der Waals surface area contributed by atoms with Gasteiger partial charge in [-0.05, 0) is 29.8 Å². The van der Waals surface area contributed by atoms with Gasteiger partial charge in [0.2, 0.25) is 0 Å². The number of hydrogen-bond donors (Lipinski definition) is 3. The number of phenols is 2. The van der Waals surface area contributed by atoms with E-state index < -0.39 is 5.91 Å². The highest BCUT2D eigenvalue weighted by atomic mass is 19.1. The van der Waals surface area contributed by atoms with Crippen LogP contribution in [0.1, 0.15) is 15.9 Å². The van der Waals surface area contributed by atoms with Gasteiger partial charge in [-0.15, -0.1) is 0 Å². The van der Waals surface area contributed by atoms with E-state index in [1.807, 2.05) is 0 Å². The zero-order chi connectivity index (χ0) is 14.5. The van der Waals surface area contributed by atoms with Crippen LogP contribution in [0.2, 0.25) is 0 Å². The molecule has 0 fully saturated rings. The van der Waals surface area contributed by atoms with Crippen LogP contribution in [0.5, 0.6) is 11.5 Å². The Kier molecular flexibility index (Phi) is 3.95. The molecule has 0 saturated heterocycles. The van der Waals surface area contributed by atoms with Gasteiger partial charge in [-0.25, -0.2) is 9.82 Å². The molecule has 0 spiro atoms. The molecule has 0 radical (unpaired) electrons. The van der Waals surface area contributed by atoms with Gasteiger partial charge in [0.05, 0.1) is 11.8 Å². The van der Waals surface area contributed by atoms with Crippen LogP contribution in [0, 0.1) is 5.82 Å². The van der Waals surface area contributed by atoms with E-state index in [0.717, 1.165) is 6.07 Å². The molecular weight excluding hydrogens is 263 g/mol. The highest BCUT2D eigenvalue weighted by Gasteiger charge is 2.10. The predicted octanol–water partition coefficient (Wildman–Crippen LogP) is 2.00. The molecule has 3 N–H and O–H groups in total. The van der Waals surface area contributed by atoms with Crippen LogP contribution in [0.25, 0.3) is 0 Å². The van der Waals surface area contributed by atoms with Gasteiger partial charge in [0.25, 0.3) is 5.91 Å². The maximum atomic E-state index is 12.7. The minimum absolute atomic E-state index is 0.0148. The second-order valence-corrected chi connectivity index (χ2v) is 3.95. The summed E-state index contributed by atoms with van der Waals surface area (Å²) in [6, 6.07) is 9.15. The third-order valence-electron chi connectivity index (χ3n) is 2.48. The number of rotatable bonds is 3. The number of amides is 1. The fraction of sp³-hybridized carbons (Fsp3) is 0. The zero-order valence-corrected chi connectivity index (χ0v) is 10.2. The predicted molar refractivity (Wildman–Crippen MR) is 71.2 cm³/mol. The molecule has 20 heavy (non-hydrogen) atoms. The van der Waals surface area contributed by atoms with E-state index in [1.54, 1.807) is 0 Å². The van der Waals surface area contributed by atoms with Crippen LogP contribution < -0.4 is 5.43 Å². The first-order chi connectivity index (χ1) is 9.56. The SMILES string of the molecule is O=C(NN=Cc1ccc(F)cc1)c1ccc(O)cc1O. The summed E-state index contributed by atoms with van der Waals surface area (Å²) >= 11 is 0. The number of carbonyl (C=O) groups excluding carboxylic acids is 1. The van der Waals surface area contributed by atoms with E-state index in [2.05, 4.69) is 10.5 Å². The number of halogens is 1. The highest BCUT2D eigenvalue weighted by molar-refractivity contribution is 5.97. The number of benzene rings is 2. The molecule has 6 heteroatoms. The number of hydrogen-bond acceptors (Lipinski definition) is 4. The Morgan fingerprint density at radius 2 is 1.85 bits per heavy atom. The molecule has 0 aliphatic rings. The Labute approximate surface area is 114 Å². The number of nitrogens with one attached hydrogen (secondary N) is 1. The van der Waals surface area contributed by atoms with Gasteiger partial charge < -0.3 is 10.2 Å². The van der Waals surface area contributed by atoms with Gasteiger partial charge in [0.15, 0.2) is 0 Å². The smallest absolute Gasteiger partial charge is 0.275 e. The molecule has 5 nitrogen and oxygen atoms in total. The molecule has 1 amide bonds. The largest absolute Gasteiger partial charge is 0.508 e. The second-order valence-electron chi connectivity index (χ2n) is 3.95. The number of hydrazone groups is 1. The highest BCUT2D eigenvalue weighted by Crippen LogP contribution is 2.22. The van der Waals surface area contributed by atoms with Crippen LogP contribution in [0.4, 0.5) is 4.39 Å². The lowest BCUT2D eigenvalue weighted by Crippen LogP contribution is -2.17. The molecule has 0 saturated carbocycles. The Bertz CT molecular complexity index is 654. The quantitative estimate of drug-likeness (QED) is 0.591. The first kappa shape index (κ1) is 13.5. The van der Waals surface area contributed by atoms with Crippen LogP contribution in [0.3, 0.4) is 0 Å². The number of carbonyl (C=O) groups is 1. The van der Waals surface area contributed by atoms with E-state index in [4.69, 9.17) is 5.11 Å². The second kappa shape index (κ2) is 5.83. The number of aromatic hydroxyl groups is 2. The Hall–Kier alpha value is -2.89. The van der Waals surface area contributed by atoms with Crippen molar-refractivity contribution in [3.05, 3.63) is 59.4 Å². The third-order valence-corrected chi connectivity index (χ3v) is 2.48. The summed E-state index contributed by atoms with van der Waals surface area (Å²) < 4.78 is 12.7. The topological polar surface area (TPSA) is 81.9 Å². The summed E-state index contributed by atoms with van der Waals surface area (Å²) in [5.41, 5.74) is 2.82. The summed E-state index contributed by atoms with van der Waals surface area (Å²) in [4.78, 5) is 11.7. The molecule has 2 aromatic carbocycles. The van der Waals surface area contributed by atoms with Gasteiger partial charge >= 0.3 is 0 Å². The van der Waals surface area contributed by atoms with Crippen molar-refractivity contribution in [3.8, 4) is 11.5 Å². The fourth-order valence-electron chi connectivity index (χ4n) is 1.49. The lowest BCUT2D eigenvalue weighted by Gasteiger charge is -2.03. The van der Waals surface area contributed by atoms with Crippen molar-refractivity contribution in [3.63, 3.8) is 0 Å². The monoisotopic (exact) mass is 274 g/mol.